The lowest BCUT2D eigenvalue weighted by Gasteiger charge is -2.14. The van der Waals surface area contributed by atoms with Crippen LogP contribution in [0.25, 0.3) is 0 Å². The topological polar surface area (TPSA) is 64.6 Å². The summed E-state index contributed by atoms with van der Waals surface area (Å²) in [6, 6.07) is -0.0691. The molecule has 0 aromatic carbocycles. The van der Waals surface area contributed by atoms with Gasteiger partial charge in [0.2, 0.25) is 0 Å². The number of alkyl carbamates (subject to hydrolysis) is 1. The highest BCUT2D eigenvalue weighted by Gasteiger charge is 2.24. The van der Waals surface area contributed by atoms with Crippen molar-refractivity contribution in [3.63, 3.8) is 0 Å². The van der Waals surface area contributed by atoms with Crippen LogP contribution in [0.15, 0.2) is 11.6 Å². The van der Waals surface area contributed by atoms with Gasteiger partial charge in [0.15, 0.2) is 0 Å². The predicted molar refractivity (Wildman–Crippen MR) is 57.9 cm³/mol. The molecule has 0 radical (unpaired) electrons. The molecule has 1 atom stereocenters. The molecule has 90 valence electrons. The average molecular weight is 227 g/mol. The van der Waals surface area contributed by atoms with Gasteiger partial charge in [-0.2, -0.15) is 0 Å². The van der Waals surface area contributed by atoms with Crippen LogP contribution in [0.1, 0.15) is 26.7 Å². The van der Waals surface area contributed by atoms with E-state index in [4.69, 9.17) is 4.74 Å². The zero-order chi connectivity index (χ0) is 12.1. The minimum atomic E-state index is -0.445. The molecule has 1 amide bonds. The van der Waals surface area contributed by atoms with E-state index in [0.717, 1.165) is 0 Å². The van der Waals surface area contributed by atoms with Crippen molar-refractivity contribution in [1.82, 2.24) is 5.32 Å². The van der Waals surface area contributed by atoms with Crippen molar-refractivity contribution in [1.29, 1.82) is 0 Å². The van der Waals surface area contributed by atoms with Crippen LogP contribution in [0.5, 0.6) is 0 Å². The lowest BCUT2D eigenvalue weighted by Crippen LogP contribution is -2.35. The first-order valence-corrected chi connectivity index (χ1v) is 5.27. The van der Waals surface area contributed by atoms with Gasteiger partial charge in [-0.25, -0.2) is 9.59 Å². The fraction of sp³-hybridized carbons (Fsp3) is 0.636. The summed E-state index contributed by atoms with van der Waals surface area (Å²) in [5, 5.41) is 2.70. The van der Waals surface area contributed by atoms with Crippen LogP contribution in [0.4, 0.5) is 4.79 Å². The Bertz CT molecular complexity index is 309. The fourth-order valence-electron chi connectivity index (χ4n) is 1.54. The molecule has 1 unspecified atom stereocenters. The Morgan fingerprint density at radius 3 is 2.75 bits per heavy atom. The molecule has 0 fully saturated rings. The summed E-state index contributed by atoms with van der Waals surface area (Å²) in [7, 11) is 1.34. The zero-order valence-corrected chi connectivity index (χ0v) is 9.78. The van der Waals surface area contributed by atoms with Gasteiger partial charge in [0.1, 0.15) is 0 Å². The van der Waals surface area contributed by atoms with Crippen molar-refractivity contribution in [2.45, 2.75) is 38.8 Å². The van der Waals surface area contributed by atoms with Crippen LogP contribution in [0.3, 0.4) is 0 Å². The molecular weight excluding hydrogens is 210 g/mol. The third-order valence-corrected chi connectivity index (χ3v) is 2.23. The van der Waals surface area contributed by atoms with E-state index in [2.05, 4.69) is 10.1 Å². The van der Waals surface area contributed by atoms with Crippen LogP contribution in [0.2, 0.25) is 0 Å². The molecule has 0 aromatic rings. The molecule has 1 aliphatic rings. The summed E-state index contributed by atoms with van der Waals surface area (Å²) >= 11 is 0. The van der Waals surface area contributed by atoms with Gasteiger partial charge in [-0.15, -0.1) is 0 Å². The van der Waals surface area contributed by atoms with Gasteiger partial charge in [-0.3, -0.25) is 0 Å². The minimum absolute atomic E-state index is 0.0691. The first-order chi connectivity index (χ1) is 7.52. The summed E-state index contributed by atoms with van der Waals surface area (Å²) in [6.07, 6.45) is 2.33. The normalized spacial score (nSPS) is 19.2. The van der Waals surface area contributed by atoms with E-state index < -0.39 is 6.09 Å². The number of rotatable bonds is 3. The summed E-state index contributed by atoms with van der Waals surface area (Å²) < 4.78 is 9.55. The molecule has 1 aliphatic carbocycles. The van der Waals surface area contributed by atoms with E-state index in [1.807, 2.05) is 0 Å². The molecule has 0 saturated carbocycles. The molecule has 0 spiro atoms. The molecule has 0 bridgehead atoms. The van der Waals surface area contributed by atoms with E-state index in [-0.39, 0.29) is 18.1 Å². The van der Waals surface area contributed by atoms with Gasteiger partial charge in [-0.05, 0) is 26.7 Å². The van der Waals surface area contributed by atoms with Crippen molar-refractivity contribution in [3.05, 3.63) is 11.6 Å². The highest BCUT2D eigenvalue weighted by molar-refractivity contribution is 5.89. The fourth-order valence-corrected chi connectivity index (χ4v) is 1.54. The minimum Gasteiger partial charge on any atom is -0.466 e. The number of carbonyl (C=O) groups is 2. The molecule has 0 aliphatic heterocycles. The van der Waals surface area contributed by atoms with E-state index in [1.54, 1.807) is 19.9 Å². The first kappa shape index (κ1) is 12.5. The number of esters is 1. The van der Waals surface area contributed by atoms with Gasteiger partial charge < -0.3 is 14.8 Å². The lowest BCUT2D eigenvalue weighted by atomic mass is 10.2. The van der Waals surface area contributed by atoms with Gasteiger partial charge in [0, 0.05) is 11.6 Å². The maximum absolute atomic E-state index is 11.3. The van der Waals surface area contributed by atoms with Crippen LogP contribution < -0.4 is 5.32 Å². The summed E-state index contributed by atoms with van der Waals surface area (Å²) in [4.78, 5) is 22.5. The van der Waals surface area contributed by atoms with Crippen LogP contribution >= 0.6 is 0 Å². The van der Waals surface area contributed by atoms with Gasteiger partial charge in [0.05, 0.1) is 13.2 Å². The Morgan fingerprint density at radius 1 is 1.50 bits per heavy atom. The molecule has 1 rings (SSSR count). The highest BCUT2D eigenvalue weighted by atomic mass is 16.6. The standard InChI is InChI=1S/C11H17NO4/c1-7(2)16-11(14)12-9-5-4-8(6-9)10(13)15-3/h4,7,9H,5-6H2,1-3H3,(H,12,14). The lowest BCUT2D eigenvalue weighted by molar-refractivity contribution is -0.136. The molecular formula is C11H17NO4. The largest absolute Gasteiger partial charge is 0.466 e. The first-order valence-electron chi connectivity index (χ1n) is 5.27. The number of hydrogen-bond acceptors (Lipinski definition) is 4. The van der Waals surface area contributed by atoms with Crippen molar-refractivity contribution < 1.29 is 19.1 Å². The highest BCUT2D eigenvalue weighted by Crippen LogP contribution is 2.19. The quantitative estimate of drug-likeness (QED) is 0.740. The van der Waals surface area contributed by atoms with Crippen molar-refractivity contribution in [2.75, 3.05) is 7.11 Å². The smallest absolute Gasteiger partial charge is 0.407 e. The Balaban J connectivity index is 2.34. The maximum Gasteiger partial charge on any atom is 0.407 e. The summed E-state index contributed by atoms with van der Waals surface area (Å²) in [5.74, 6) is -0.332. The zero-order valence-electron chi connectivity index (χ0n) is 9.78. The van der Waals surface area contributed by atoms with Gasteiger partial charge >= 0.3 is 12.1 Å². The second kappa shape index (κ2) is 5.53. The Hall–Kier alpha value is -1.52. The number of carbonyl (C=O) groups excluding carboxylic acids is 2. The third kappa shape index (κ3) is 3.56. The number of nitrogens with one attached hydrogen (secondary N) is 1. The van der Waals surface area contributed by atoms with Crippen molar-refractivity contribution >= 4 is 12.1 Å². The van der Waals surface area contributed by atoms with Crippen LogP contribution in [-0.4, -0.2) is 31.3 Å². The van der Waals surface area contributed by atoms with E-state index in [0.29, 0.717) is 18.4 Å². The average Bonchev–Trinajstić information content (AvgIpc) is 2.63. The molecule has 16 heavy (non-hydrogen) atoms. The molecule has 5 nitrogen and oxygen atoms in total. The Labute approximate surface area is 94.8 Å². The Morgan fingerprint density at radius 2 is 2.19 bits per heavy atom. The second-order valence-corrected chi connectivity index (χ2v) is 3.96. The molecule has 5 heteroatoms. The van der Waals surface area contributed by atoms with Gasteiger partial charge in [0.25, 0.3) is 0 Å². The van der Waals surface area contributed by atoms with E-state index >= 15 is 0 Å². The van der Waals surface area contributed by atoms with Crippen molar-refractivity contribution in [2.24, 2.45) is 0 Å². The number of amides is 1. The monoisotopic (exact) mass is 227 g/mol. The number of ether oxygens (including phenoxy) is 2. The number of methoxy groups -OCH3 is 1. The summed E-state index contributed by atoms with van der Waals surface area (Å²) in [5.41, 5.74) is 0.609. The summed E-state index contributed by atoms with van der Waals surface area (Å²) in [6.45, 7) is 3.57. The molecule has 1 N–H and O–H groups in total. The van der Waals surface area contributed by atoms with Gasteiger partial charge in [-0.1, -0.05) is 6.08 Å². The third-order valence-electron chi connectivity index (χ3n) is 2.23. The van der Waals surface area contributed by atoms with Crippen molar-refractivity contribution in [3.8, 4) is 0 Å². The van der Waals surface area contributed by atoms with Crippen LogP contribution in [-0.2, 0) is 14.3 Å². The molecule has 0 aromatic heterocycles. The maximum atomic E-state index is 11.3. The number of hydrogen-bond donors (Lipinski definition) is 1. The van der Waals surface area contributed by atoms with Crippen LogP contribution in [0, 0.1) is 0 Å². The van der Waals surface area contributed by atoms with E-state index in [9.17, 15) is 9.59 Å². The predicted octanol–water partition coefficient (Wildman–Crippen LogP) is 1.38. The van der Waals surface area contributed by atoms with E-state index in [1.165, 1.54) is 7.11 Å². The second-order valence-electron chi connectivity index (χ2n) is 3.96. The SMILES string of the molecule is COC(=O)C1=CCC(NC(=O)OC(C)C)C1. The molecule has 0 saturated heterocycles. The Kier molecular flexibility index (Phi) is 4.34. The molecule has 0 heterocycles.